The summed E-state index contributed by atoms with van der Waals surface area (Å²) in [7, 11) is -8.09. The van der Waals surface area contributed by atoms with Crippen LogP contribution in [0.3, 0.4) is 0 Å². The molecule has 0 saturated heterocycles. The van der Waals surface area contributed by atoms with Gasteiger partial charge in [-0.25, -0.2) is 26.7 Å². The molecule has 6 rings (SSSR count). The molecule has 6 aromatic carbocycles. The maximum absolute atomic E-state index is 12.9. The summed E-state index contributed by atoms with van der Waals surface area (Å²) in [6, 6.07) is 44.5. The Labute approximate surface area is 417 Å². The van der Waals surface area contributed by atoms with Crippen LogP contribution in [0.1, 0.15) is 104 Å². The van der Waals surface area contributed by atoms with Gasteiger partial charge in [-0.2, -0.15) is 0 Å². The number of sulfonamides is 2. The highest BCUT2D eigenvalue weighted by Crippen LogP contribution is 2.24. The van der Waals surface area contributed by atoms with Crippen LogP contribution in [0.5, 0.6) is 11.5 Å². The first-order valence-electron chi connectivity index (χ1n) is 22.2. The van der Waals surface area contributed by atoms with Gasteiger partial charge >= 0.3 is 0 Å². The number of nitrogens with two attached hydrogens (primary N) is 1. The molecule has 70 heavy (non-hydrogen) atoms. The van der Waals surface area contributed by atoms with E-state index in [1.54, 1.807) is 60.7 Å². The summed E-state index contributed by atoms with van der Waals surface area (Å²) >= 11 is 5.07. The predicted octanol–water partition coefficient (Wildman–Crippen LogP) is 11.0. The molecule has 0 aliphatic rings. The minimum Gasteiger partial charge on any atom is -0.489 e. The van der Waals surface area contributed by atoms with Gasteiger partial charge in [-0.3, -0.25) is 19.2 Å². The summed E-state index contributed by atoms with van der Waals surface area (Å²) in [4.78, 5) is 47.2. The van der Waals surface area contributed by atoms with Crippen molar-refractivity contribution in [3.8, 4) is 11.5 Å². The van der Waals surface area contributed by atoms with Gasteiger partial charge in [0.05, 0.1) is 11.4 Å². The number of hydrogen-bond donors (Lipinski definition) is 4. The van der Waals surface area contributed by atoms with Crippen molar-refractivity contribution in [3.63, 3.8) is 0 Å². The summed E-state index contributed by atoms with van der Waals surface area (Å²) in [5.41, 5.74) is 2.85. The molecule has 372 valence electrons. The van der Waals surface area contributed by atoms with Crippen LogP contribution in [0.4, 0.5) is 11.4 Å². The van der Waals surface area contributed by atoms with E-state index in [-0.39, 0.29) is 40.3 Å². The minimum absolute atomic E-state index is 0. The second-order valence-electron chi connectivity index (χ2n) is 15.3. The molecule has 0 radical (unpaired) electrons. The summed E-state index contributed by atoms with van der Waals surface area (Å²) in [6.45, 7) is 4.82. The number of rotatable bonds is 21. The highest BCUT2D eigenvalue weighted by Gasteiger charge is 2.22. The zero-order chi connectivity index (χ0) is 50.1. The summed E-state index contributed by atoms with van der Waals surface area (Å²) in [6.07, 6.45) is 6.23. The lowest BCUT2D eigenvalue weighted by molar-refractivity contribution is -0.119. The van der Waals surface area contributed by atoms with E-state index in [1.807, 2.05) is 67.6 Å². The van der Waals surface area contributed by atoms with Gasteiger partial charge in [-0.15, -0.1) is 0 Å². The molecular formula is C53H61ClN4O10S2. The molecule has 6 aromatic rings. The Hall–Kier alpha value is -6.85. The third kappa shape index (κ3) is 20.4. The highest BCUT2D eigenvalue weighted by molar-refractivity contribution is 7.90. The number of primary sulfonamides is 1. The van der Waals surface area contributed by atoms with Crippen molar-refractivity contribution in [1.82, 2.24) is 4.72 Å². The Morgan fingerprint density at radius 3 is 1.39 bits per heavy atom. The van der Waals surface area contributed by atoms with Gasteiger partial charge in [0.1, 0.15) is 34.5 Å². The standard InChI is InChI=1S/C26H28N2O5S.C20H18N2O4S.C6H11ClO.CH4/c1-2-3-5-17-25(29)28-34(31,32)24-16-9-8-15-23(24)27-26(30)21-13-10-14-22(18-21)33-19-20-11-6-4-7-12-20;21-27(24,25)19-12-5-4-11-18(19)22-20(23)16-9-6-10-17(13-16)26-14-15-7-2-1-3-8-15;1-2-3-4-5-6(7)8;/h4,6-16,18H,2-3,5,17,19H2,1H3,(H,27,30)(H,28,29);1-13H,14H2,(H,22,23)(H2,21,24,25);2-5H2,1H3;1H4. The molecule has 0 aromatic heterocycles. The van der Waals surface area contributed by atoms with Crippen LogP contribution in [0.2, 0.25) is 0 Å². The van der Waals surface area contributed by atoms with Gasteiger partial charge in [0.15, 0.2) is 0 Å². The van der Waals surface area contributed by atoms with Crippen molar-refractivity contribution in [2.75, 3.05) is 10.6 Å². The van der Waals surface area contributed by atoms with Crippen molar-refractivity contribution in [2.24, 2.45) is 5.14 Å². The maximum Gasteiger partial charge on any atom is 0.266 e. The zero-order valence-corrected chi connectivity index (χ0v) is 40.8. The first-order valence-corrected chi connectivity index (χ1v) is 25.6. The molecular weight excluding hydrogens is 952 g/mol. The molecule has 17 heteroatoms. The number of benzene rings is 6. The molecule has 0 atom stereocenters. The molecule has 0 bridgehead atoms. The Kier molecular flexibility index (Phi) is 24.6. The molecule has 0 aliphatic carbocycles. The van der Waals surface area contributed by atoms with E-state index in [9.17, 15) is 36.0 Å². The fraction of sp³-hybridized carbons (Fsp3) is 0.245. The summed E-state index contributed by atoms with van der Waals surface area (Å²) in [5, 5.41) is 10.2. The van der Waals surface area contributed by atoms with Crippen molar-refractivity contribution in [1.29, 1.82) is 0 Å². The maximum atomic E-state index is 12.9. The van der Waals surface area contributed by atoms with Gasteiger partial charge in [0.25, 0.3) is 21.8 Å². The van der Waals surface area contributed by atoms with Crippen molar-refractivity contribution in [3.05, 3.63) is 180 Å². The first-order chi connectivity index (χ1) is 33.1. The second kappa shape index (κ2) is 29.9. The average molecular weight is 1010 g/mol. The van der Waals surface area contributed by atoms with Crippen LogP contribution < -0.4 is 30.0 Å². The number of amides is 3. The Balaban J connectivity index is 0.000000322. The van der Waals surface area contributed by atoms with E-state index in [0.29, 0.717) is 48.7 Å². The quantitative estimate of drug-likeness (QED) is 0.0395. The smallest absolute Gasteiger partial charge is 0.266 e. The number of carbonyl (C=O) groups is 4. The lowest BCUT2D eigenvalue weighted by Crippen LogP contribution is -2.31. The van der Waals surface area contributed by atoms with E-state index < -0.39 is 37.8 Å². The van der Waals surface area contributed by atoms with Crippen LogP contribution in [-0.4, -0.2) is 39.8 Å². The van der Waals surface area contributed by atoms with Gasteiger partial charge in [0, 0.05) is 24.0 Å². The van der Waals surface area contributed by atoms with E-state index in [4.69, 9.17) is 26.2 Å². The number of unbranched alkanes of at least 4 members (excludes halogenated alkanes) is 4. The Bertz CT molecular complexity index is 2830. The fourth-order valence-electron chi connectivity index (χ4n) is 6.25. The SMILES string of the molecule is C.CCCCCC(=O)Cl.CCCCCC(=O)NS(=O)(=O)c1ccccc1NC(=O)c1cccc(OCc2ccccc2)c1.NS(=O)(=O)c1ccccc1NC(=O)c1cccc(OCc2ccccc2)c1. The van der Waals surface area contributed by atoms with E-state index in [0.717, 1.165) is 43.2 Å². The van der Waals surface area contributed by atoms with Crippen LogP contribution in [0, 0.1) is 0 Å². The summed E-state index contributed by atoms with van der Waals surface area (Å²) < 4.78 is 62.4. The second-order valence-corrected chi connectivity index (χ2v) is 19.0. The molecule has 0 heterocycles. The lowest BCUT2D eigenvalue weighted by Gasteiger charge is -2.13. The molecule has 0 fully saturated rings. The number of anilines is 2. The van der Waals surface area contributed by atoms with Crippen molar-refractivity contribution >= 4 is 66.0 Å². The van der Waals surface area contributed by atoms with Crippen molar-refractivity contribution in [2.45, 2.75) is 95.6 Å². The molecule has 3 amide bonds. The van der Waals surface area contributed by atoms with Crippen molar-refractivity contribution < 1.29 is 45.5 Å². The highest BCUT2D eigenvalue weighted by atomic mass is 35.5. The number of nitrogens with one attached hydrogen (secondary N) is 3. The lowest BCUT2D eigenvalue weighted by atomic mass is 10.2. The Morgan fingerprint density at radius 2 is 0.943 bits per heavy atom. The topological polar surface area (TPSA) is 217 Å². The fourth-order valence-corrected chi connectivity index (χ4v) is 8.26. The third-order valence-electron chi connectivity index (χ3n) is 9.79. The molecule has 0 spiro atoms. The van der Waals surface area contributed by atoms with E-state index in [1.165, 1.54) is 36.4 Å². The molecule has 0 unspecified atom stereocenters. The molecule has 0 saturated carbocycles. The van der Waals surface area contributed by atoms with Gasteiger partial charge < -0.3 is 20.1 Å². The molecule has 14 nitrogen and oxygen atoms in total. The number of ether oxygens (including phenoxy) is 2. The average Bonchev–Trinajstić information content (AvgIpc) is 3.34. The van der Waals surface area contributed by atoms with Gasteiger partial charge in [-0.1, -0.05) is 144 Å². The van der Waals surface area contributed by atoms with E-state index in [2.05, 4.69) is 22.3 Å². The predicted molar refractivity (Wildman–Crippen MR) is 276 cm³/mol. The van der Waals surface area contributed by atoms with Crippen LogP contribution in [0.15, 0.2) is 168 Å². The molecule has 5 N–H and O–H groups in total. The molecule has 0 aliphatic heterocycles. The summed E-state index contributed by atoms with van der Waals surface area (Å²) in [5.74, 6) is -0.487. The van der Waals surface area contributed by atoms with E-state index >= 15 is 0 Å². The number of carbonyl (C=O) groups excluding carboxylic acids is 4. The monoisotopic (exact) mass is 1010 g/mol. The minimum atomic E-state index is -4.14. The number of para-hydroxylation sites is 2. The van der Waals surface area contributed by atoms with Gasteiger partial charge in [-0.05, 0) is 96.2 Å². The van der Waals surface area contributed by atoms with Gasteiger partial charge in [0.2, 0.25) is 21.2 Å². The zero-order valence-electron chi connectivity index (χ0n) is 38.4. The largest absolute Gasteiger partial charge is 0.489 e. The Morgan fingerprint density at radius 1 is 0.529 bits per heavy atom. The van der Waals surface area contributed by atoms with Crippen LogP contribution in [-0.2, 0) is 42.8 Å². The number of hydrogen-bond acceptors (Lipinski definition) is 10. The normalized spacial score (nSPS) is 10.6. The number of halogens is 1. The first kappa shape index (κ1) is 57.5. The third-order valence-corrected chi connectivity index (χ3v) is 12.4. The van der Waals surface area contributed by atoms with Crippen LogP contribution in [0.25, 0.3) is 0 Å². The van der Waals surface area contributed by atoms with Crippen LogP contribution >= 0.6 is 11.6 Å².